The van der Waals surface area contributed by atoms with E-state index in [0.717, 1.165) is 26.8 Å². The standard InChI is InChI=1S/C17H18F2N2O4S2/c1-13-5-6-16(12-17(13)19)27(24,25)21-9-7-20(8-10-21)26(22,23)15-4-2-3-14(18)11-15/h2-6,11-12H,7-10H2,1H3. The number of piperazine rings is 1. The molecule has 0 bridgehead atoms. The molecule has 0 amide bonds. The number of nitrogens with zero attached hydrogens (tertiary/aromatic N) is 2. The van der Waals surface area contributed by atoms with E-state index in [9.17, 15) is 25.6 Å². The topological polar surface area (TPSA) is 74.8 Å². The van der Waals surface area contributed by atoms with Crippen molar-refractivity contribution in [1.82, 2.24) is 8.61 Å². The summed E-state index contributed by atoms with van der Waals surface area (Å²) in [6.45, 7) is 1.22. The smallest absolute Gasteiger partial charge is 0.207 e. The van der Waals surface area contributed by atoms with Gasteiger partial charge < -0.3 is 0 Å². The third-order valence-electron chi connectivity index (χ3n) is 4.41. The van der Waals surface area contributed by atoms with Crippen molar-refractivity contribution in [1.29, 1.82) is 0 Å². The van der Waals surface area contributed by atoms with Crippen LogP contribution in [0.15, 0.2) is 52.3 Å². The molecular formula is C17H18F2N2O4S2. The van der Waals surface area contributed by atoms with Crippen LogP contribution in [0, 0.1) is 18.6 Å². The Labute approximate surface area is 157 Å². The Morgan fingerprint density at radius 2 is 1.30 bits per heavy atom. The second-order valence-corrected chi connectivity index (χ2v) is 10.1. The first-order valence-electron chi connectivity index (χ1n) is 8.14. The van der Waals surface area contributed by atoms with Gasteiger partial charge in [-0.3, -0.25) is 0 Å². The van der Waals surface area contributed by atoms with E-state index in [1.54, 1.807) is 0 Å². The second kappa shape index (κ2) is 7.27. The SMILES string of the molecule is Cc1ccc(S(=O)(=O)N2CCN(S(=O)(=O)c3cccc(F)c3)CC2)cc1F. The fourth-order valence-electron chi connectivity index (χ4n) is 2.81. The number of benzene rings is 2. The van der Waals surface area contributed by atoms with Gasteiger partial charge in [-0.1, -0.05) is 12.1 Å². The molecule has 1 heterocycles. The zero-order valence-electron chi connectivity index (χ0n) is 14.5. The largest absolute Gasteiger partial charge is 0.243 e. The van der Waals surface area contributed by atoms with E-state index in [-0.39, 0.29) is 36.0 Å². The van der Waals surface area contributed by atoms with Gasteiger partial charge in [-0.25, -0.2) is 25.6 Å². The molecule has 0 radical (unpaired) electrons. The van der Waals surface area contributed by atoms with E-state index in [2.05, 4.69) is 0 Å². The number of halogens is 2. The van der Waals surface area contributed by atoms with Crippen LogP contribution in [-0.2, 0) is 20.0 Å². The molecule has 3 rings (SSSR count). The van der Waals surface area contributed by atoms with Crippen LogP contribution < -0.4 is 0 Å². The van der Waals surface area contributed by atoms with Gasteiger partial charge in [0.05, 0.1) is 9.79 Å². The van der Waals surface area contributed by atoms with Gasteiger partial charge in [0.2, 0.25) is 20.0 Å². The van der Waals surface area contributed by atoms with Crippen LogP contribution >= 0.6 is 0 Å². The fourth-order valence-corrected chi connectivity index (χ4v) is 5.70. The van der Waals surface area contributed by atoms with Crippen LogP contribution in [0.25, 0.3) is 0 Å². The summed E-state index contributed by atoms with van der Waals surface area (Å²) in [5, 5.41) is 0. The highest BCUT2D eigenvalue weighted by molar-refractivity contribution is 7.89. The molecule has 0 spiro atoms. The average molecular weight is 416 g/mol. The Morgan fingerprint density at radius 3 is 1.78 bits per heavy atom. The molecule has 0 N–H and O–H groups in total. The Kier molecular flexibility index (Phi) is 5.35. The molecule has 0 unspecified atom stereocenters. The number of hydrogen-bond donors (Lipinski definition) is 0. The normalized spacial score (nSPS) is 17.1. The van der Waals surface area contributed by atoms with Crippen LogP contribution in [0.3, 0.4) is 0 Å². The maximum atomic E-state index is 13.7. The summed E-state index contributed by atoms with van der Waals surface area (Å²) in [6.07, 6.45) is 0. The summed E-state index contributed by atoms with van der Waals surface area (Å²) in [4.78, 5) is -0.355. The zero-order chi connectivity index (χ0) is 19.8. The maximum Gasteiger partial charge on any atom is 0.243 e. The van der Waals surface area contributed by atoms with Gasteiger partial charge in [0.15, 0.2) is 0 Å². The third-order valence-corrected chi connectivity index (χ3v) is 8.20. The molecule has 27 heavy (non-hydrogen) atoms. The molecule has 0 saturated carbocycles. The predicted molar refractivity (Wildman–Crippen MR) is 95.1 cm³/mol. The molecule has 0 aliphatic carbocycles. The van der Waals surface area contributed by atoms with Crippen molar-refractivity contribution < 1.29 is 25.6 Å². The Morgan fingerprint density at radius 1 is 0.778 bits per heavy atom. The third kappa shape index (κ3) is 3.88. The summed E-state index contributed by atoms with van der Waals surface area (Å²) in [7, 11) is -7.85. The Balaban J connectivity index is 1.77. The summed E-state index contributed by atoms with van der Waals surface area (Å²) in [5.74, 6) is -1.29. The number of aryl methyl sites for hydroxylation is 1. The molecule has 0 aromatic heterocycles. The van der Waals surface area contributed by atoms with Gasteiger partial charge in [-0.15, -0.1) is 0 Å². The molecule has 1 saturated heterocycles. The fraction of sp³-hybridized carbons (Fsp3) is 0.294. The Hall–Kier alpha value is -1.88. The second-order valence-electron chi connectivity index (χ2n) is 6.18. The van der Waals surface area contributed by atoms with Crippen molar-refractivity contribution >= 4 is 20.0 Å². The molecule has 10 heteroatoms. The summed E-state index contributed by atoms with van der Waals surface area (Å²) in [5.41, 5.74) is 0.333. The predicted octanol–water partition coefficient (Wildman–Crippen LogP) is 1.97. The lowest BCUT2D eigenvalue weighted by molar-refractivity contribution is 0.272. The quantitative estimate of drug-likeness (QED) is 0.764. The molecule has 1 aliphatic heterocycles. The first-order valence-corrected chi connectivity index (χ1v) is 11.0. The minimum atomic E-state index is -3.93. The van der Waals surface area contributed by atoms with E-state index in [4.69, 9.17) is 0 Å². The van der Waals surface area contributed by atoms with Crippen LogP contribution in [0.2, 0.25) is 0 Å². The molecule has 2 aromatic carbocycles. The first-order chi connectivity index (χ1) is 12.6. The number of rotatable bonds is 4. The van der Waals surface area contributed by atoms with Crippen LogP contribution in [0.4, 0.5) is 8.78 Å². The summed E-state index contributed by atoms with van der Waals surface area (Å²) in [6, 6.07) is 8.32. The van der Waals surface area contributed by atoms with E-state index in [1.807, 2.05) is 0 Å². The minimum absolute atomic E-state index is 0.0770. The molecule has 146 valence electrons. The number of sulfonamides is 2. The molecule has 2 aromatic rings. The van der Waals surface area contributed by atoms with Crippen LogP contribution in [-0.4, -0.2) is 51.6 Å². The zero-order valence-corrected chi connectivity index (χ0v) is 16.1. The van der Waals surface area contributed by atoms with Gasteiger partial charge in [0.1, 0.15) is 11.6 Å². The van der Waals surface area contributed by atoms with Crippen molar-refractivity contribution in [2.24, 2.45) is 0 Å². The molecule has 0 atom stereocenters. The van der Waals surface area contributed by atoms with E-state index in [0.29, 0.717) is 5.56 Å². The van der Waals surface area contributed by atoms with Crippen LogP contribution in [0.5, 0.6) is 0 Å². The van der Waals surface area contributed by atoms with Crippen molar-refractivity contribution in [3.63, 3.8) is 0 Å². The average Bonchev–Trinajstić information content (AvgIpc) is 2.64. The van der Waals surface area contributed by atoms with Gasteiger partial charge in [0.25, 0.3) is 0 Å². The highest BCUT2D eigenvalue weighted by Crippen LogP contribution is 2.23. The van der Waals surface area contributed by atoms with Gasteiger partial charge in [0, 0.05) is 26.2 Å². The molecule has 1 aliphatic rings. The van der Waals surface area contributed by atoms with E-state index in [1.165, 1.54) is 31.2 Å². The lowest BCUT2D eigenvalue weighted by Crippen LogP contribution is -2.50. The van der Waals surface area contributed by atoms with Crippen molar-refractivity contribution in [2.75, 3.05) is 26.2 Å². The van der Waals surface area contributed by atoms with Gasteiger partial charge in [-0.2, -0.15) is 8.61 Å². The lowest BCUT2D eigenvalue weighted by atomic mass is 10.2. The lowest BCUT2D eigenvalue weighted by Gasteiger charge is -2.33. The highest BCUT2D eigenvalue weighted by Gasteiger charge is 2.34. The molecule has 1 fully saturated rings. The van der Waals surface area contributed by atoms with Gasteiger partial charge in [-0.05, 0) is 42.8 Å². The van der Waals surface area contributed by atoms with Crippen LogP contribution in [0.1, 0.15) is 5.56 Å². The van der Waals surface area contributed by atoms with Gasteiger partial charge >= 0.3 is 0 Å². The summed E-state index contributed by atoms with van der Waals surface area (Å²) < 4.78 is 79.8. The molecule has 6 nitrogen and oxygen atoms in total. The van der Waals surface area contributed by atoms with Crippen molar-refractivity contribution in [2.45, 2.75) is 16.7 Å². The first kappa shape index (κ1) is 19.9. The van der Waals surface area contributed by atoms with E-state index >= 15 is 0 Å². The van der Waals surface area contributed by atoms with Crippen molar-refractivity contribution in [3.05, 3.63) is 59.7 Å². The highest BCUT2D eigenvalue weighted by atomic mass is 32.2. The maximum absolute atomic E-state index is 13.7. The van der Waals surface area contributed by atoms with E-state index < -0.39 is 31.7 Å². The molecular weight excluding hydrogens is 398 g/mol. The summed E-state index contributed by atoms with van der Waals surface area (Å²) >= 11 is 0. The number of hydrogen-bond acceptors (Lipinski definition) is 4. The van der Waals surface area contributed by atoms with Crippen molar-refractivity contribution in [3.8, 4) is 0 Å². The minimum Gasteiger partial charge on any atom is -0.207 e. The monoisotopic (exact) mass is 416 g/mol. The Bertz CT molecular complexity index is 1060.